The Morgan fingerprint density at radius 1 is 1.20 bits per heavy atom. The fourth-order valence-electron chi connectivity index (χ4n) is 2.83. The van der Waals surface area contributed by atoms with E-state index in [-0.39, 0.29) is 12.0 Å². The summed E-state index contributed by atoms with van der Waals surface area (Å²) in [6.07, 6.45) is -0.166. The van der Waals surface area contributed by atoms with Crippen molar-refractivity contribution in [3.05, 3.63) is 64.4 Å². The molecule has 0 unspecified atom stereocenters. The first-order valence-corrected chi connectivity index (χ1v) is 9.16. The number of hydrogen-bond acceptors (Lipinski definition) is 4. The molecule has 1 heterocycles. The lowest BCUT2D eigenvalue weighted by Gasteiger charge is -2.17. The van der Waals surface area contributed by atoms with E-state index in [0.29, 0.717) is 24.5 Å². The molecule has 0 aliphatic heterocycles. The number of benzene rings is 2. The van der Waals surface area contributed by atoms with Gasteiger partial charge in [0.25, 0.3) is 5.91 Å². The molecule has 0 radical (unpaired) electrons. The Kier molecular flexibility index (Phi) is 5.68. The molecule has 0 spiro atoms. The van der Waals surface area contributed by atoms with Gasteiger partial charge in [-0.3, -0.25) is 4.79 Å². The van der Waals surface area contributed by atoms with E-state index >= 15 is 0 Å². The van der Waals surface area contributed by atoms with Crippen LogP contribution in [0.15, 0.2) is 53.2 Å². The molecule has 3 rings (SSSR count). The molecule has 0 fully saturated rings. The lowest BCUT2D eigenvalue weighted by Crippen LogP contribution is -2.29. The molecule has 0 bridgehead atoms. The van der Waals surface area contributed by atoms with Crippen molar-refractivity contribution in [2.75, 3.05) is 20.3 Å². The van der Waals surface area contributed by atoms with Gasteiger partial charge in [0.05, 0.1) is 12.2 Å². The highest BCUT2D eigenvalue weighted by Crippen LogP contribution is 2.28. The van der Waals surface area contributed by atoms with E-state index in [0.717, 1.165) is 16.3 Å². The van der Waals surface area contributed by atoms with Gasteiger partial charge in [-0.1, -0.05) is 30.3 Å². The second-order valence-electron chi connectivity index (χ2n) is 5.58. The maximum Gasteiger partial charge on any atom is 0.255 e. The van der Waals surface area contributed by atoms with Gasteiger partial charge in [-0.05, 0) is 46.2 Å². The summed E-state index contributed by atoms with van der Waals surface area (Å²) >= 11 is 1.61. The Hall–Kier alpha value is -2.37. The molecular formula is C20H21NO3S. The Morgan fingerprint density at radius 3 is 2.76 bits per heavy atom. The Bertz CT molecular complexity index is 845. The van der Waals surface area contributed by atoms with Crippen molar-refractivity contribution >= 4 is 28.0 Å². The summed E-state index contributed by atoms with van der Waals surface area (Å²) in [6, 6.07) is 13.7. The van der Waals surface area contributed by atoms with Crippen LogP contribution in [0.25, 0.3) is 10.8 Å². The summed E-state index contributed by atoms with van der Waals surface area (Å²) in [7, 11) is 1.65. The summed E-state index contributed by atoms with van der Waals surface area (Å²) < 4.78 is 11.2. The number of amides is 1. The second kappa shape index (κ2) is 8.14. The number of hydrogen-bond donors (Lipinski definition) is 1. The van der Waals surface area contributed by atoms with E-state index in [9.17, 15) is 4.79 Å². The number of carbonyl (C=O) groups is 1. The largest absolute Gasteiger partial charge is 0.493 e. The van der Waals surface area contributed by atoms with E-state index in [1.165, 1.54) is 0 Å². The molecule has 3 aromatic rings. The third-order valence-electron chi connectivity index (χ3n) is 4.07. The summed E-state index contributed by atoms with van der Waals surface area (Å²) in [5.41, 5.74) is 1.64. The lowest BCUT2D eigenvalue weighted by molar-refractivity contribution is 0.0828. The van der Waals surface area contributed by atoms with Crippen molar-refractivity contribution in [3.63, 3.8) is 0 Å². The van der Waals surface area contributed by atoms with Gasteiger partial charge in [0, 0.05) is 13.7 Å². The van der Waals surface area contributed by atoms with E-state index < -0.39 is 0 Å². The van der Waals surface area contributed by atoms with Crippen molar-refractivity contribution in [2.24, 2.45) is 0 Å². The molecule has 1 aromatic heterocycles. The van der Waals surface area contributed by atoms with Crippen LogP contribution in [0.5, 0.6) is 5.75 Å². The predicted octanol–water partition coefficient (Wildman–Crippen LogP) is 4.42. The number of methoxy groups -OCH3 is 1. The van der Waals surface area contributed by atoms with E-state index in [1.54, 1.807) is 18.4 Å². The summed E-state index contributed by atoms with van der Waals surface area (Å²) in [5, 5.41) is 8.92. The second-order valence-corrected chi connectivity index (χ2v) is 6.36. The number of rotatable bonds is 7. The van der Waals surface area contributed by atoms with Crippen LogP contribution in [-0.4, -0.2) is 26.2 Å². The van der Waals surface area contributed by atoms with Crippen molar-refractivity contribution in [3.8, 4) is 5.75 Å². The molecule has 25 heavy (non-hydrogen) atoms. The maximum atomic E-state index is 12.9. The predicted molar refractivity (Wildman–Crippen MR) is 102 cm³/mol. The zero-order valence-corrected chi connectivity index (χ0v) is 15.1. The number of nitrogens with one attached hydrogen (secondary N) is 1. The smallest absolute Gasteiger partial charge is 0.255 e. The van der Waals surface area contributed by atoms with E-state index in [1.807, 2.05) is 60.1 Å². The Labute approximate surface area is 151 Å². The number of ether oxygens (including phenoxy) is 2. The van der Waals surface area contributed by atoms with Crippen LogP contribution in [0, 0.1) is 0 Å². The highest BCUT2D eigenvalue weighted by atomic mass is 32.1. The van der Waals surface area contributed by atoms with Gasteiger partial charge in [-0.2, -0.15) is 11.3 Å². The summed E-state index contributed by atoms with van der Waals surface area (Å²) in [5.74, 6) is 0.445. The molecule has 2 aromatic carbocycles. The highest BCUT2D eigenvalue weighted by molar-refractivity contribution is 7.07. The molecule has 5 heteroatoms. The number of thiophene rings is 1. The Balaban J connectivity index is 1.86. The van der Waals surface area contributed by atoms with Gasteiger partial charge >= 0.3 is 0 Å². The van der Waals surface area contributed by atoms with E-state index in [2.05, 4.69) is 5.32 Å². The maximum absolute atomic E-state index is 12.9. The average Bonchev–Trinajstić information content (AvgIpc) is 3.16. The number of carbonyl (C=O) groups excluding carboxylic acids is 1. The zero-order valence-electron chi connectivity index (χ0n) is 14.3. The average molecular weight is 355 g/mol. The van der Waals surface area contributed by atoms with Crippen LogP contribution in [0.3, 0.4) is 0 Å². The van der Waals surface area contributed by atoms with Crippen molar-refractivity contribution < 1.29 is 14.3 Å². The molecule has 0 saturated carbocycles. The van der Waals surface area contributed by atoms with E-state index in [4.69, 9.17) is 9.47 Å². The first-order chi connectivity index (χ1) is 12.2. The van der Waals surface area contributed by atoms with Crippen LogP contribution < -0.4 is 10.1 Å². The van der Waals surface area contributed by atoms with Crippen molar-refractivity contribution in [2.45, 2.75) is 13.0 Å². The third kappa shape index (κ3) is 3.83. The van der Waals surface area contributed by atoms with Gasteiger partial charge < -0.3 is 14.8 Å². The first kappa shape index (κ1) is 17.5. The molecule has 4 nitrogen and oxygen atoms in total. The highest BCUT2D eigenvalue weighted by Gasteiger charge is 2.19. The van der Waals surface area contributed by atoms with Crippen molar-refractivity contribution in [1.29, 1.82) is 0 Å². The minimum absolute atomic E-state index is 0.155. The normalized spacial score (nSPS) is 12.1. The topological polar surface area (TPSA) is 47.6 Å². The zero-order chi connectivity index (χ0) is 17.6. The van der Waals surface area contributed by atoms with Crippen LogP contribution in [0.4, 0.5) is 0 Å². The summed E-state index contributed by atoms with van der Waals surface area (Å²) in [4.78, 5) is 12.9. The molecule has 0 aliphatic rings. The third-order valence-corrected chi connectivity index (χ3v) is 4.77. The monoisotopic (exact) mass is 355 g/mol. The number of fused-ring (bicyclic) bond motifs is 1. The van der Waals surface area contributed by atoms with Crippen LogP contribution in [0.2, 0.25) is 0 Å². The molecule has 130 valence electrons. The molecular weight excluding hydrogens is 334 g/mol. The lowest BCUT2D eigenvalue weighted by atomic mass is 10.0. The van der Waals surface area contributed by atoms with Crippen LogP contribution in [0.1, 0.15) is 28.9 Å². The van der Waals surface area contributed by atoms with Gasteiger partial charge in [-0.15, -0.1) is 0 Å². The molecule has 1 amide bonds. The molecule has 1 atom stereocenters. The molecule has 0 saturated heterocycles. The standard InChI is InChI=1S/C20H21NO3S/c1-3-24-17-9-8-14-6-4-5-7-16(14)19(17)20(22)21-12-18(23-2)15-10-11-25-13-15/h4-11,13,18H,3,12H2,1-2H3,(H,21,22)/t18-/m0/s1. The van der Waals surface area contributed by atoms with Crippen LogP contribution >= 0.6 is 11.3 Å². The fraction of sp³-hybridized carbons (Fsp3) is 0.250. The van der Waals surface area contributed by atoms with Crippen LogP contribution in [-0.2, 0) is 4.74 Å². The summed E-state index contributed by atoms with van der Waals surface area (Å²) in [6.45, 7) is 2.82. The van der Waals surface area contributed by atoms with Gasteiger partial charge in [0.1, 0.15) is 11.9 Å². The molecule has 0 aliphatic carbocycles. The SMILES string of the molecule is CCOc1ccc2ccccc2c1C(=O)NC[C@H](OC)c1ccsc1. The minimum Gasteiger partial charge on any atom is -0.493 e. The first-order valence-electron chi connectivity index (χ1n) is 8.22. The van der Waals surface area contributed by atoms with Gasteiger partial charge in [-0.25, -0.2) is 0 Å². The quantitative estimate of drug-likeness (QED) is 0.682. The van der Waals surface area contributed by atoms with Crippen molar-refractivity contribution in [1.82, 2.24) is 5.32 Å². The minimum atomic E-state index is -0.166. The Morgan fingerprint density at radius 2 is 2.04 bits per heavy atom. The van der Waals surface area contributed by atoms with Gasteiger partial charge in [0.2, 0.25) is 0 Å². The van der Waals surface area contributed by atoms with Gasteiger partial charge in [0.15, 0.2) is 0 Å². The molecule has 1 N–H and O–H groups in total. The fourth-order valence-corrected chi connectivity index (χ4v) is 3.53.